The van der Waals surface area contributed by atoms with Crippen LogP contribution in [-0.4, -0.2) is 71.7 Å². The van der Waals surface area contributed by atoms with E-state index in [1.165, 1.54) is 0 Å². The number of nitrogens with one attached hydrogen (secondary N) is 1. The molecule has 2 aliphatic heterocycles. The average molecular weight is 243 g/mol. The maximum absolute atomic E-state index is 9.61. The van der Waals surface area contributed by atoms with Gasteiger partial charge < -0.3 is 15.5 Å². The average Bonchev–Trinajstić information content (AvgIpc) is 2.89. The first-order valence-electron chi connectivity index (χ1n) is 6.82. The molecule has 100 valence electrons. The first-order valence-corrected chi connectivity index (χ1v) is 6.82. The zero-order valence-corrected chi connectivity index (χ0v) is 10.5. The second kappa shape index (κ2) is 6.66. The third-order valence-corrected chi connectivity index (χ3v) is 3.81. The Morgan fingerprint density at radius 3 is 1.71 bits per heavy atom. The molecule has 2 rings (SSSR count). The number of hydrogen-bond donors (Lipinski definition) is 3. The maximum Gasteiger partial charge on any atom is 0.107 e. The molecule has 0 saturated carbocycles. The summed E-state index contributed by atoms with van der Waals surface area (Å²) in [6, 6.07) is 0. The Labute approximate surface area is 103 Å². The molecule has 0 aliphatic carbocycles. The van der Waals surface area contributed by atoms with Gasteiger partial charge in [-0.3, -0.25) is 9.80 Å². The molecule has 5 nitrogen and oxygen atoms in total. The predicted octanol–water partition coefficient (Wildman–Crippen LogP) is -0.596. The van der Waals surface area contributed by atoms with E-state index in [1.54, 1.807) is 0 Å². The normalized spacial score (nSPS) is 31.4. The predicted molar refractivity (Wildman–Crippen MR) is 66.5 cm³/mol. The minimum absolute atomic E-state index is 0.225. The van der Waals surface area contributed by atoms with Gasteiger partial charge in [0, 0.05) is 39.3 Å². The van der Waals surface area contributed by atoms with E-state index in [2.05, 4.69) is 15.1 Å². The lowest BCUT2D eigenvalue weighted by Crippen LogP contribution is -2.39. The Morgan fingerprint density at radius 1 is 0.882 bits per heavy atom. The Kier molecular flexibility index (Phi) is 5.18. The highest BCUT2D eigenvalue weighted by Gasteiger charge is 2.22. The van der Waals surface area contributed by atoms with Crippen LogP contribution in [0.2, 0.25) is 0 Å². The van der Waals surface area contributed by atoms with Gasteiger partial charge in [-0.05, 0) is 25.7 Å². The molecule has 2 aliphatic rings. The van der Waals surface area contributed by atoms with Crippen molar-refractivity contribution in [1.82, 2.24) is 15.1 Å². The zero-order chi connectivity index (χ0) is 12.1. The molecule has 17 heavy (non-hydrogen) atoms. The van der Waals surface area contributed by atoms with Crippen LogP contribution in [0.25, 0.3) is 0 Å². The van der Waals surface area contributed by atoms with Crippen molar-refractivity contribution in [3.63, 3.8) is 0 Å². The highest BCUT2D eigenvalue weighted by atomic mass is 16.3. The highest BCUT2D eigenvalue weighted by molar-refractivity contribution is 4.73. The van der Waals surface area contributed by atoms with Gasteiger partial charge in [-0.25, -0.2) is 0 Å². The van der Waals surface area contributed by atoms with Crippen molar-refractivity contribution in [3.05, 3.63) is 0 Å². The van der Waals surface area contributed by atoms with Crippen LogP contribution < -0.4 is 5.32 Å². The SMILES string of the molecule is OC1CCCN1CCNCCN1CCCC1O. The van der Waals surface area contributed by atoms with Crippen molar-refractivity contribution in [1.29, 1.82) is 0 Å². The minimum Gasteiger partial charge on any atom is -0.378 e. The number of hydrogen-bond acceptors (Lipinski definition) is 5. The molecular formula is C12H25N3O2. The molecule has 0 aromatic carbocycles. The largest absolute Gasteiger partial charge is 0.378 e. The summed E-state index contributed by atoms with van der Waals surface area (Å²) in [6.45, 7) is 5.72. The summed E-state index contributed by atoms with van der Waals surface area (Å²) in [5.41, 5.74) is 0. The molecule has 0 spiro atoms. The van der Waals surface area contributed by atoms with E-state index in [-0.39, 0.29) is 12.5 Å². The Morgan fingerprint density at radius 2 is 1.35 bits per heavy atom. The smallest absolute Gasteiger partial charge is 0.107 e. The first kappa shape index (κ1) is 13.2. The lowest BCUT2D eigenvalue weighted by molar-refractivity contribution is 0.0349. The third-order valence-electron chi connectivity index (χ3n) is 3.81. The maximum atomic E-state index is 9.61. The molecule has 2 saturated heterocycles. The van der Waals surface area contributed by atoms with Crippen LogP contribution in [0.4, 0.5) is 0 Å². The van der Waals surface area contributed by atoms with Crippen LogP contribution >= 0.6 is 0 Å². The molecule has 2 unspecified atom stereocenters. The third kappa shape index (κ3) is 3.89. The van der Waals surface area contributed by atoms with Crippen molar-refractivity contribution >= 4 is 0 Å². The van der Waals surface area contributed by atoms with Gasteiger partial charge in [0.25, 0.3) is 0 Å². The lowest BCUT2D eigenvalue weighted by Gasteiger charge is -2.22. The van der Waals surface area contributed by atoms with E-state index in [0.29, 0.717) is 0 Å². The monoisotopic (exact) mass is 243 g/mol. The van der Waals surface area contributed by atoms with Gasteiger partial charge >= 0.3 is 0 Å². The van der Waals surface area contributed by atoms with Crippen LogP contribution in [0.3, 0.4) is 0 Å². The number of aliphatic hydroxyl groups excluding tert-OH is 2. The molecule has 5 heteroatoms. The van der Waals surface area contributed by atoms with Crippen LogP contribution in [0.5, 0.6) is 0 Å². The Balaban J connectivity index is 1.49. The van der Waals surface area contributed by atoms with Crippen LogP contribution in [-0.2, 0) is 0 Å². The summed E-state index contributed by atoms with van der Waals surface area (Å²) in [5.74, 6) is 0. The van der Waals surface area contributed by atoms with E-state index < -0.39 is 0 Å². The molecule has 0 aromatic heterocycles. The number of aliphatic hydroxyl groups is 2. The standard InChI is InChI=1S/C12H25N3O2/c16-11-3-1-7-14(11)9-5-13-6-10-15-8-2-4-12(15)17/h11-13,16-17H,1-10H2. The molecule has 2 heterocycles. The van der Waals surface area contributed by atoms with Gasteiger partial charge in [0.15, 0.2) is 0 Å². The fourth-order valence-corrected chi connectivity index (χ4v) is 2.71. The van der Waals surface area contributed by atoms with Crippen LogP contribution in [0.1, 0.15) is 25.7 Å². The van der Waals surface area contributed by atoms with Crippen molar-refractivity contribution < 1.29 is 10.2 Å². The topological polar surface area (TPSA) is 59.0 Å². The summed E-state index contributed by atoms with van der Waals surface area (Å²) >= 11 is 0. The molecule has 2 atom stereocenters. The minimum atomic E-state index is -0.225. The van der Waals surface area contributed by atoms with Crippen molar-refractivity contribution in [2.75, 3.05) is 39.3 Å². The summed E-state index contributed by atoms with van der Waals surface area (Å²) in [4.78, 5) is 4.25. The van der Waals surface area contributed by atoms with Crippen molar-refractivity contribution in [2.45, 2.75) is 38.1 Å². The quantitative estimate of drug-likeness (QED) is 0.544. The fraction of sp³-hybridized carbons (Fsp3) is 1.00. The summed E-state index contributed by atoms with van der Waals surface area (Å²) in [6.07, 6.45) is 3.61. The Hall–Kier alpha value is -0.200. The molecule has 2 fully saturated rings. The number of nitrogens with zero attached hydrogens (tertiary/aromatic N) is 2. The zero-order valence-electron chi connectivity index (χ0n) is 10.5. The summed E-state index contributed by atoms with van der Waals surface area (Å²) in [5, 5.41) is 22.6. The molecule has 0 aromatic rings. The van der Waals surface area contributed by atoms with Gasteiger partial charge in [-0.1, -0.05) is 0 Å². The van der Waals surface area contributed by atoms with Crippen molar-refractivity contribution in [2.24, 2.45) is 0 Å². The van der Waals surface area contributed by atoms with Gasteiger partial charge in [0.1, 0.15) is 12.5 Å². The highest BCUT2D eigenvalue weighted by Crippen LogP contribution is 2.14. The van der Waals surface area contributed by atoms with E-state index >= 15 is 0 Å². The molecule has 3 N–H and O–H groups in total. The molecular weight excluding hydrogens is 218 g/mol. The van der Waals surface area contributed by atoms with E-state index in [1.807, 2.05) is 0 Å². The van der Waals surface area contributed by atoms with Crippen LogP contribution in [0.15, 0.2) is 0 Å². The fourth-order valence-electron chi connectivity index (χ4n) is 2.71. The van der Waals surface area contributed by atoms with E-state index in [4.69, 9.17) is 0 Å². The number of likely N-dealkylation sites (tertiary alicyclic amines) is 2. The summed E-state index contributed by atoms with van der Waals surface area (Å²) in [7, 11) is 0. The second-order valence-electron chi connectivity index (χ2n) is 5.07. The van der Waals surface area contributed by atoms with Gasteiger partial charge in [-0.2, -0.15) is 0 Å². The van der Waals surface area contributed by atoms with Crippen molar-refractivity contribution in [3.8, 4) is 0 Å². The number of rotatable bonds is 6. The molecule has 0 radical (unpaired) electrons. The van der Waals surface area contributed by atoms with Gasteiger partial charge in [-0.15, -0.1) is 0 Å². The molecule has 0 bridgehead atoms. The van der Waals surface area contributed by atoms with Gasteiger partial charge in [0.05, 0.1) is 0 Å². The Bertz CT molecular complexity index is 206. The second-order valence-corrected chi connectivity index (χ2v) is 5.07. The van der Waals surface area contributed by atoms with Gasteiger partial charge in [0.2, 0.25) is 0 Å². The lowest BCUT2D eigenvalue weighted by atomic mass is 10.4. The van der Waals surface area contributed by atoms with E-state index in [9.17, 15) is 10.2 Å². The van der Waals surface area contributed by atoms with E-state index in [0.717, 1.165) is 65.0 Å². The molecule has 0 amide bonds. The summed E-state index contributed by atoms with van der Waals surface area (Å²) < 4.78 is 0. The first-order chi connectivity index (χ1) is 8.27. The van der Waals surface area contributed by atoms with Crippen LogP contribution in [0, 0.1) is 0 Å².